The van der Waals surface area contributed by atoms with Crippen molar-refractivity contribution in [1.82, 2.24) is 0 Å². The van der Waals surface area contributed by atoms with Crippen LogP contribution in [0, 0.1) is 0 Å². The highest BCUT2D eigenvalue weighted by Crippen LogP contribution is 2.35. The summed E-state index contributed by atoms with van der Waals surface area (Å²) in [6.45, 7) is 1.43. The zero-order valence-electron chi connectivity index (χ0n) is 17.5. The fourth-order valence-electron chi connectivity index (χ4n) is 3.12. The van der Waals surface area contributed by atoms with Crippen LogP contribution >= 0.6 is 27.3 Å². The van der Waals surface area contributed by atoms with Crippen molar-refractivity contribution in [2.24, 2.45) is 17.3 Å². The summed E-state index contributed by atoms with van der Waals surface area (Å²) >= 11 is 5.05. The lowest BCUT2D eigenvalue weighted by Gasteiger charge is -2.15. The SMILES string of the molecule is C[n+]1cc(Br)sc1N=Nc1cccc(NCc2ccccc2)c1NCc1ccccc1.[Br-]. The quantitative estimate of drug-likeness (QED) is 0.248. The molecule has 0 fully saturated rings. The summed E-state index contributed by atoms with van der Waals surface area (Å²) in [4.78, 5) is 0. The van der Waals surface area contributed by atoms with E-state index in [9.17, 15) is 0 Å². The second-order valence-corrected chi connectivity index (χ2v) is 9.40. The standard InChI is InChI=1S/C24H22BrN5S.BrH/c1-30-17-22(25)31-24(30)29-28-21-14-8-13-20(26-15-18-9-4-2-5-10-18)23(21)27-16-19-11-6-3-7-12-19;/h2-14,17H,15-16H2,1H3,(H,26,28);1H. The average molecular weight is 573 g/mol. The van der Waals surface area contributed by atoms with E-state index in [0.29, 0.717) is 6.54 Å². The lowest BCUT2D eigenvalue weighted by atomic mass is 10.1. The van der Waals surface area contributed by atoms with Gasteiger partial charge in [-0.25, -0.2) is 4.57 Å². The van der Waals surface area contributed by atoms with Gasteiger partial charge in [0.1, 0.15) is 15.7 Å². The van der Waals surface area contributed by atoms with Gasteiger partial charge < -0.3 is 27.6 Å². The van der Waals surface area contributed by atoms with Crippen molar-refractivity contribution in [2.75, 3.05) is 10.6 Å². The minimum absolute atomic E-state index is 0. The number of anilines is 2. The molecular weight excluding hydrogens is 550 g/mol. The van der Waals surface area contributed by atoms with Gasteiger partial charge in [0.05, 0.1) is 23.5 Å². The van der Waals surface area contributed by atoms with Crippen LogP contribution in [0.25, 0.3) is 0 Å². The molecule has 3 aromatic carbocycles. The highest BCUT2D eigenvalue weighted by molar-refractivity contribution is 9.11. The Bertz CT molecular complexity index is 1160. The normalized spacial score (nSPS) is 10.7. The Kier molecular flexibility index (Phi) is 8.96. The molecule has 0 aliphatic rings. The molecule has 2 N–H and O–H groups in total. The molecule has 1 heterocycles. The Morgan fingerprint density at radius 1 is 0.812 bits per heavy atom. The predicted octanol–water partition coefficient (Wildman–Crippen LogP) is 3.98. The molecule has 8 heteroatoms. The number of aromatic nitrogens is 1. The lowest BCUT2D eigenvalue weighted by molar-refractivity contribution is -0.654. The second-order valence-electron chi connectivity index (χ2n) is 7.01. The van der Waals surface area contributed by atoms with Crippen LogP contribution in [0.2, 0.25) is 0 Å². The van der Waals surface area contributed by atoms with E-state index in [0.717, 1.165) is 32.5 Å². The summed E-state index contributed by atoms with van der Waals surface area (Å²) in [6.07, 6.45) is 1.98. The average Bonchev–Trinajstić information content (AvgIpc) is 3.13. The summed E-state index contributed by atoms with van der Waals surface area (Å²) in [5.74, 6) is 0. The van der Waals surface area contributed by atoms with Crippen molar-refractivity contribution in [3.05, 3.63) is 100.0 Å². The van der Waals surface area contributed by atoms with Gasteiger partial charge in [0, 0.05) is 13.1 Å². The molecule has 0 bridgehead atoms. The molecule has 4 aromatic rings. The zero-order valence-corrected chi connectivity index (χ0v) is 21.5. The van der Waals surface area contributed by atoms with Crippen LogP contribution < -0.4 is 32.2 Å². The highest BCUT2D eigenvalue weighted by atomic mass is 79.9. The Morgan fingerprint density at radius 2 is 1.44 bits per heavy atom. The number of rotatable bonds is 8. The van der Waals surface area contributed by atoms with Crippen LogP contribution in [0.1, 0.15) is 11.1 Å². The molecule has 32 heavy (non-hydrogen) atoms. The van der Waals surface area contributed by atoms with Crippen molar-refractivity contribution >= 4 is 49.5 Å². The Labute approximate surface area is 211 Å². The number of nitrogens with one attached hydrogen (secondary N) is 2. The van der Waals surface area contributed by atoms with Crippen molar-refractivity contribution in [2.45, 2.75) is 13.1 Å². The maximum absolute atomic E-state index is 4.57. The number of azo groups is 1. The van der Waals surface area contributed by atoms with Gasteiger partial charge in [-0.05, 0) is 55.6 Å². The molecule has 0 unspecified atom stereocenters. The monoisotopic (exact) mass is 571 g/mol. The number of hydrogen-bond acceptors (Lipinski definition) is 5. The van der Waals surface area contributed by atoms with Gasteiger partial charge in [0.2, 0.25) is 0 Å². The second kappa shape index (κ2) is 11.9. The van der Waals surface area contributed by atoms with Crippen molar-refractivity contribution in [3.63, 3.8) is 0 Å². The minimum atomic E-state index is 0. The first kappa shape index (κ1) is 24.1. The summed E-state index contributed by atoms with van der Waals surface area (Å²) in [7, 11) is 1.96. The Hall–Kier alpha value is -2.55. The van der Waals surface area contributed by atoms with Gasteiger partial charge in [-0.15, -0.1) is 0 Å². The third-order valence-corrected chi connectivity index (χ3v) is 6.25. The molecule has 0 spiro atoms. The first-order valence-corrected chi connectivity index (χ1v) is 11.6. The minimum Gasteiger partial charge on any atom is -1.00 e. The van der Waals surface area contributed by atoms with Gasteiger partial charge in [0.15, 0.2) is 0 Å². The Balaban J connectivity index is 0.00000289. The van der Waals surface area contributed by atoms with Crippen LogP contribution in [0.3, 0.4) is 0 Å². The molecule has 0 saturated heterocycles. The number of aryl methyl sites for hydroxylation is 1. The lowest BCUT2D eigenvalue weighted by Crippen LogP contribution is -3.00. The fraction of sp³-hybridized carbons (Fsp3) is 0.125. The van der Waals surface area contributed by atoms with E-state index >= 15 is 0 Å². The number of nitrogens with zero attached hydrogens (tertiary/aromatic N) is 3. The van der Waals surface area contributed by atoms with Gasteiger partial charge in [-0.3, -0.25) is 0 Å². The van der Waals surface area contributed by atoms with E-state index in [2.05, 4.69) is 79.3 Å². The molecule has 0 aliphatic carbocycles. The van der Waals surface area contributed by atoms with Crippen LogP contribution in [0.5, 0.6) is 0 Å². The largest absolute Gasteiger partial charge is 1.00 e. The van der Waals surface area contributed by atoms with Crippen molar-refractivity contribution < 1.29 is 21.5 Å². The molecule has 0 atom stereocenters. The van der Waals surface area contributed by atoms with E-state index in [4.69, 9.17) is 0 Å². The maximum Gasteiger partial charge on any atom is 0.409 e. The molecule has 1 aromatic heterocycles. The van der Waals surface area contributed by atoms with Crippen LogP contribution in [-0.4, -0.2) is 0 Å². The molecule has 164 valence electrons. The van der Waals surface area contributed by atoms with Gasteiger partial charge in [-0.2, -0.15) is 0 Å². The summed E-state index contributed by atoms with van der Waals surface area (Å²) in [5.41, 5.74) is 5.15. The molecule has 4 rings (SSSR count). The Morgan fingerprint density at radius 3 is 2.03 bits per heavy atom. The van der Waals surface area contributed by atoms with Crippen molar-refractivity contribution in [1.29, 1.82) is 0 Å². The predicted molar refractivity (Wildman–Crippen MR) is 131 cm³/mol. The summed E-state index contributed by atoms with van der Waals surface area (Å²) in [6, 6.07) is 26.7. The van der Waals surface area contributed by atoms with Crippen LogP contribution in [-0.2, 0) is 20.1 Å². The number of benzene rings is 3. The van der Waals surface area contributed by atoms with E-state index in [-0.39, 0.29) is 17.0 Å². The summed E-state index contributed by atoms with van der Waals surface area (Å²) in [5, 5.41) is 17.0. The smallest absolute Gasteiger partial charge is 0.409 e. The molecule has 0 amide bonds. The molecule has 0 radical (unpaired) electrons. The molecular formula is C24H23Br2N5S. The summed E-state index contributed by atoms with van der Waals surface area (Å²) < 4.78 is 2.97. The third kappa shape index (κ3) is 6.48. The van der Waals surface area contributed by atoms with Crippen LogP contribution in [0.4, 0.5) is 22.2 Å². The fourth-order valence-corrected chi connectivity index (χ4v) is 4.52. The van der Waals surface area contributed by atoms with Crippen LogP contribution in [0.15, 0.2) is 99.1 Å². The molecule has 0 saturated carbocycles. The van der Waals surface area contributed by atoms with Gasteiger partial charge in [-0.1, -0.05) is 66.7 Å². The van der Waals surface area contributed by atoms with Gasteiger partial charge in [0.25, 0.3) is 0 Å². The van der Waals surface area contributed by atoms with Gasteiger partial charge >= 0.3 is 5.13 Å². The zero-order chi connectivity index (χ0) is 21.5. The molecule has 0 aliphatic heterocycles. The maximum atomic E-state index is 4.57. The number of thiazole rings is 1. The van der Waals surface area contributed by atoms with E-state index in [1.807, 2.05) is 54.2 Å². The van der Waals surface area contributed by atoms with E-state index in [1.165, 1.54) is 11.1 Å². The van der Waals surface area contributed by atoms with Crippen molar-refractivity contribution in [3.8, 4) is 0 Å². The van der Waals surface area contributed by atoms with E-state index in [1.54, 1.807) is 11.3 Å². The first-order valence-electron chi connectivity index (χ1n) is 9.94. The third-order valence-electron chi connectivity index (χ3n) is 4.71. The molecule has 5 nitrogen and oxygen atoms in total. The van der Waals surface area contributed by atoms with E-state index < -0.39 is 0 Å². The highest BCUT2D eigenvalue weighted by Gasteiger charge is 2.14. The number of para-hydroxylation sites is 1. The first-order chi connectivity index (χ1) is 15.2. The topological polar surface area (TPSA) is 52.7 Å². The number of halogens is 2. The number of hydrogen-bond donors (Lipinski definition) is 2.